The molecule has 0 aliphatic heterocycles. The zero-order valence-electron chi connectivity index (χ0n) is 7.76. The highest BCUT2D eigenvalue weighted by Gasteiger charge is 2.20. The summed E-state index contributed by atoms with van der Waals surface area (Å²) in [6.45, 7) is 6.62. The Labute approximate surface area is 68.2 Å². The second-order valence-electron chi connectivity index (χ2n) is 3.61. The molecule has 2 nitrogen and oxygen atoms in total. The Balaban J connectivity index is 2.92. The van der Waals surface area contributed by atoms with Gasteiger partial charge in [-0.05, 0) is 12.5 Å². The minimum atomic E-state index is 0.223. The normalized spacial score (nSPS) is 12.0. The number of hydrogen-bond acceptors (Lipinski definition) is 1. The topological polar surface area (TPSA) is 17.8 Å². The van der Waals surface area contributed by atoms with Gasteiger partial charge in [-0.15, -0.1) is 0 Å². The summed E-state index contributed by atoms with van der Waals surface area (Å²) in [5.74, 6) is 0. The van der Waals surface area contributed by atoms with E-state index in [0.717, 1.165) is 6.42 Å². The summed E-state index contributed by atoms with van der Waals surface area (Å²) in [7, 11) is 1.95. The lowest BCUT2D eigenvalue weighted by Crippen LogP contribution is -2.16. The first-order valence-electron chi connectivity index (χ1n) is 4.06. The summed E-state index contributed by atoms with van der Waals surface area (Å²) in [6.07, 6.45) is 3.12. The van der Waals surface area contributed by atoms with Gasteiger partial charge in [-0.1, -0.05) is 20.8 Å². The van der Waals surface area contributed by atoms with E-state index >= 15 is 0 Å². The van der Waals surface area contributed by atoms with Gasteiger partial charge in [-0.2, -0.15) is 5.10 Å². The van der Waals surface area contributed by atoms with Crippen molar-refractivity contribution in [1.82, 2.24) is 9.78 Å². The molecular weight excluding hydrogens is 136 g/mol. The summed E-state index contributed by atoms with van der Waals surface area (Å²) < 4.78 is 1.85. The van der Waals surface area contributed by atoms with Crippen LogP contribution in [0.4, 0.5) is 0 Å². The van der Waals surface area contributed by atoms with Gasteiger partial charge < -0.3 is 0 Å². The quantitative estimate of drug-likeness (QED) is 0.634. The Morgan fingerprint density at radius 3 is 2.55 bits per heavy atom. The Hall–Kier alpha value is -0.790. The van der Waals surface area contributed by atoms with Crippen molar-refractivity contribution >= 4 is 0 Å². The first kappa shape index (κ1) is 8.31. The molecule has 0 amide bonds. The van der Waals surface area contributed by atoms with E-state index in [1.54, 1.807) is 0 Å². The highest BCUT2D eigenvalue weighted by molar-refractivity contribution is 5.11. The second-order valence-corrected chi connectivity index (χ2v) is 3.61. The van der Waals surface area contributed by atoms with Crippen LogP contribution in [0.3, 0.4) is 0 Å². The molecule has 0 aromatic carbocycles. The maximum Gasteiger partial charge on any atom is 0.0680 e. The van der Waals surface area contributed by atoms with Crippen LogP contribution in [0.2, 0.25) is 0 Å². The van der Waals surface area contributed by atoms with Crippen molar-refractivity contribution in [2.75, 3.05) is 0 Å². The largest absolute Gasteiger partial charge is 0.276 e. The smallest absolute Gasteiger partial charge is 0.0680 e. The SMILES string of the molecule is CCC(C)(C)c1ccn(C)n1. The molecule has 0 spiro atoms. The average Bonchev–Trinajstić information content (AvgIpc) is 2.36. The van der Waals surface area contributed by atoms with E-state index in [0.29, 0.717) is 0 Å². The molecule has 0 aliphatic rings. The molecule has 0 saturated carbocycles. The van der Waals surface area contributed by atoms with Crippen molar-refractivity contribution in [3.05, 3.63) is 18.0 Å². The van der Waals surface area contributed by atoms with E-state index in [-0.39, 0.29) is 5.41 Å². The van der Waals surface area contributed by atoms with Crippen LogP contribution in [0.1, 0.15) is 32.9 Å². The van der Waals surface area contributed by atoms with Crippen molar-refractivity contribution in [3.63, 3.8) is 0 Å². The van der Waals surface area contributed by atoms with Crippen LogP contribution >= 0.6 is 0 Å². The Morgan fingerprint density at radius 2 is 2.18 bits per heavy atom. The lowest BCUT2D eigenvalue weighted by molar-refractivity contribution is 0.482. The highest BCUT2D eigenvalue weighted by Crippen LogP contribution is 2.24. The molecule has 0 fully saturated rings. The monoisotopic (exact) mass is 152 g/mol. The first-order chi connectivity index (χ1) is 5.06. The van der Waals surface area contributed by atoms with Crippen LogP contribution in [0.15, 0.2) is 12.3 Å². The van der Waals surface area contributed by atoms with Crippen LogP contribution in [0.25, 0.3) is 0 Å². The van der Waals surface area contributed by atoms with Crippen LogP contribution in [-0.2, 0) is 12.5 Å². The maximum atomic E-state index is 4.37. The van der Waals surface area contributed by atoms with Crippen LogP contribution < -0.4 is 0 Å². The Bertz CT molecular complexity index is 235. The van der Waals surface area contributed by atoms with Gasteiger partial charge in [0.1, 0.15) is 0 Å². The molecular formula is C9H16N2. The summed E-state index contributed by atoms with van der Waals surface area (Å²) in [4.78, 5) is 0. The molecule has 0 atom stereocenters. The molecule has 1 aromatic heterocycles. The molecule has 0 radical (unpaired) electrons. The van der Waals surface area contributed by atoms with E-state index in [1.165, 1.54) is 5.69 Å². The van der Waals surface area contributed by atoms with Gasteiger partial charge in [0.25, 0.3) is 0 Å². The predicted molar refractivity (Wildman–Crippen MR) is 46.5 cm³/mol. The zero-order chi connectivity index (χ0) is 8.48. The van der Waals surface area contributed by atoms with E-state index in [9.17, 15) is 0 Å². The minimum Gasteiger partial charge on any atom is -0.276 e. The van der Waals surface area contributed by atoms with Crippen molar-refractivity contribution in [1.29, 1.82) is 0 Å². The van der Waals surface area contributed by atoms with Gasteiger partial charge in [0.05, 0.1) is 5.69 Å². The fraction of sp³-hybridized carbons (Fsp3) is 0.667. The Kier molecular flexibility index (Phi) is 2.03. The van der Waals surface area contributed by atoms with Gasteiger partial charge in [0.15, 0.2) is 0 Å². The third kappa shape index (κ3) is 1.62. The van der Waals surface area contributed by atoms with Crippen LogP contribution in [0.5, 0.6) is 0 Å². The van der Waals surface area contributed by atoms with Crippen molar-refractivity contribution in [2.45, 2.75) is 32.6 Å². The fourth-order valence-corrected chi connectivity index (χ4v) is 0.957. The molecule has 0 aliphatic carbocycles. The van der Waals surface area contributed by atoms with Crippen molar-refractivity contribution in [2.24, 2.45) is 7.05 Å². The van der Waals surface area contributed by atoms with Gasteiger partial charge in [0, 0.05) is 18.7 Å². The molecule has 11 heavy (non-hydrogen) atoms. The minimum absolute atomic E-state index is 0.223. The van der Waals surface area contributed by atoms with Gasteiger partial charge in [-0.3, -0.25) is 4.68 Å². The molecule has 62 valence electrons. The van der Waals surface area contributed by atoms with Crippen LogP contribution in [-0.4, -0.2) is 9.78 Å². The number of rotatable bonds is 2. The molecule has 1 heterocycles. The summed E-state index contributed by atoms with van der Waals surface area (Å²) >= 11 is 0. The van der Waals surface area contributed by atoms with Crippen molar-refractivity contribution in [3.8, 4) is 0 Å². The summed E-state index contributed by atoms with van der Waals surface area (Å²) in [5.41, 5.74) is 1.41. The molecule has 0 unspecified atom stereocenters. The van der Waals surface area contributed by atoms with E-state index < -0.39 is 0 Å². The maximum absolute atomic E-state index is 4.37. The molecule has 1 rings (SSSR count). The van der Waals surface area contributed by atoms with Gasteiger partial charge in [0.2, 0.25) is 0 Å². The number of aromatic nitrogens is 2. The van der Waals surface area contributed by atoms with Gasteiger partial charge >= 0.3 is 0 Å². The van der Waals surface area contributed by atoms with E-state index in [1.807, 2.05) is 17.9 Å². The summed E-state index contributed by atoms with van der Waals surface area (Å²) in [6, 6.07) is 2.09. The number of aryl methyl sites for hydroxylation is 1. The first-order valence-corrected chi connectivity index (χ1v) is 4.06. The highest BCUT2D eigenvalue weighted by atomic mass is 15.2. The van der Waals surface area contributed by atoms with E-state index in [4.69, 9.17) is 0 Å². The van der Waals surface area contributed by atoms with Crippen molar-refractivity contribution < 1.29 is 0 Å². The van der Waals surface area contributed by atoms with Crippen LogP contribution in [0, 0.1) is 0 Å². The van der Waals surface area contributed by atoms with Gasteiger partial charge in [-0.25, -0.2) is 0 Å². The lowest BCUT2D eigenvalue weighted by atomic mass is 9.87. The lowest BCUT2D eigenvalue weighted by Gasteiger charge is -2.19. The fourth-order valence-electron chi connectivity index (χ4n) is 0.957. The van der Waals surface area contributed by atoms with E-state index in [2.05, 4.69) is 31.9 Å². The standard InChI is InChI=1S/C9H16N2/c1-5-9(2,3)8-6-7-11(4)10-8/h6-7H,5H2,1-4H3. The third-order valence-corrected chi connectivity index (χ3v) is 2.29. The molecule has 1 aromatic rings. The average molecular weight is 152 g/mol. The second kappa shape index (κ2) is 2.68. The number of hydrogen-bond donors (Lipinski definition) is 0. The molecule has 0 saturated heterocycles. The third-order valence-electron chi connectivity index (χ3n) is 2.29. The zero-order valence-corrected chi connectivity index (χ0v) is 7.76. The Morgan fingerprint density at radius 1 is 1.55 bits per heavy atom. The predicted octanol–water partition coefficient (Wildman–Crippen LogP) is 2.11. The molecule has 0 N–H and O–H groups in total. The number of nitrogens with zero attached hydrogens (tertiary/aromatic N) is 2. The molecule has 0 bridgehead atoms. The molecule has 2 heteroatoms. The summed E-state index contributed by atoms with van der Waals surface area (Å²) in [5, 5.41) is 4.37.